The number of methoxy groups -OCH3 is 1. The number of aromatic amines is 1. The molecule has 5 aromatic rings. The molecule has 32 heavy (non-hydrogen) atoms. The minimum absolute atomic E-state index is 0.0315. The molecule has 3 N–H and O–H groups in total. The first-order chi connectivity index (χ1) is 15.5. The number of amides is 1. The molecule has 0 saturated carbocycles. The second kappa shape index (κ2) is 7.59. The van der Waals surface area contributed by atoms with Gasteiger partial charge in [-0.25, -0.2) is 9.78 Å². The molecule has 0 bridgehead atoms. The Morgan fingerprint density at radius 3 is 2.66 bits per heavy atom. The number of ether oxygens (including phenoxy) is 1. The first-order valence-corrected chi connectivity index (χ1v) is 9.74. The molecule has 0 fully saturated rings. The minimum atomic E-state index is -1.10. The normalized spacial score (nSPS) is 11.0. The quantitative estimate of drug-likeness (QED) is 0.366. The number of para-hydroxylation sites is 3. The average Bonchev–Trinajstić information content (AvgIpc) is 3.43. The molecule has 2 aromatic heterocycles. The van der Waals surface area contributed by atoms with E-state index in [1.807, 2.05) is 24.3 Å². The molecule has 0 atom stereocenters. The van der Waals surface area contributed by atoms with Gasteiger partial charge in [0.25, 0.3) is 5.91 Å². The van der Waals surface area contributed by atoms with Crippen LogP contribution in [0.3, 0.4) is 0 Å². The highest BCUT2D eigenvalue weighted by Crippen LogP contribution is 2.37. The van der Waals surface area contributed by atoms with Crippen LogP contribution in [-0.4, -0.2) is 34.1 Å². The van der Waals surface area contributed by atoms with Crippen LogP contribution < -0.4 is 10.1 Å². The van der Waals surface area contributed by atoms with Gasteiger partial charge in [-0.05, 0) is 36.4 Å². The third-order valence-corrected chi connectivity index (χ3v) is 5.14. The Bertz CT molecular complexity index is 1470. The molecule has 1 amide bonds. The highest BCUT2D eigenvalue weighted by Gasteiger charge is 2.21. The number of aromatic nitrogens is 2. The monoisotopic (exact) mass is 427 g/mol. The first-order valence-electron chi connectivity index (χ1n) is 9.74. The number of anilines is 1. The number of nitrogens with one attached hydrogen (secondary N) is 2. The SMILES string of the molecule is COc1cccc(-c2nc3c(C(=O)O)cccc3o2)c1NC(=O)c1cc2ccccc2[nH]1. The number of fused-ring (bicyclic) bond motifs is 2. The lowest BCUT2D eigenvalue weighted by Gasteiger charge is -2.13. The summed E-state index contributed by atoms with van der Waals surface area (Å²) < 4.78 is 11.3. The Labute approximate surface area is 181 Å². The number of H-pyrrole nitrogens is 1. The summed E-state index contributed by atoms with van der Waals surface area (Å²) in [6, 6.07) is 19.2. The third-order valence-electron chi connectivity index (χ3n) is 5.14. The molecule has 5 rings (SSSR count). The van der Waals surface area contributed by atoms with Crippen LogP contribution in [0.5, 0.6) is 5.75 Å². The zero-order valence-electron chi connectivity index (χ0n) is 16.9. The molecule has 158 valence electrons. The Kier molecular flexibility index (Phi) is 4.59. The number of carboxylic acid groups (broad SMARTS) is 1. The number of hydrogen-bond donors (Lipinski definition) is 3. The van der Waals surface area contributed by atoms with Gasteiger partial charge < -0.3 is 24.6 Å². The van der Waals surface area contributed by atoms with E-state index >= 15 is 0 Å². The van der Waals surface area contributed by atoms with E-state index in [1.54, 1.807) is 36.4 Å². The summed E-state index contributed by atoms with van der Waals surface area (Å²) in [6.45, 7) is 0. The van der Waals surface area contributed by atoms with Gasteiger partial charge in [-0.3, -0.25) is 4.79 Å². The lowest BCUT2D eigenvalue weighted by molar-refractivity contribution is 0.0698. The van der Waals surface area contributed by atoms with E-state index < -0.39 is 5.97 Å². The maximum atomic E-state index is 13.0. The lowest BCUT2D eigenvalue weighted by Crippen LogP contribution is -2.14. The Morgan fingerprint density at radius 1 is 1.06 bits per heavy atom. The van der Waals surface area contributed by atoms with Gasteiger partial charge in [0, 0.05) is 10.9 Å². The van der Waals surface area contributed by atoms with E-state index in [1.165, 1.54) is 13.2 Å². The predicted molar refractivity (Wildman–Crippen MR) is 119 cm³/mol. The molecule has 0 saturated heterocycles. The van der Waals surface area contributed by atoms with Crippen LogP contribution in [0, 0.1) is 0 Å². The van der Waals surface area contributed by atoms with Crippen LogP contribution in [0.2, 0.25) is 0 Å². The van der Waals surface area contributed by atoms with Gasteiger partial charge in [-0.2, -0.15) is 0 Å². The van der Waals surface area contributed by atoms with Crippen molar-refractivity contribution >= 4 is 39.6 Å². The number of benzene rings is 3. The number of carbonyl (C=O) groups is 2. The van der Waals surface area contributed by atoms with Crippen molar-refractivity contribution in [2.24, 2.45) is 0 Å². The Balaban J connectivity index is 1.59. The van der Waals surface area contributed by atoms with Gasteiger partial charge in [-0.1, -0.05) is 30.3 Å². The van der Waals surface area contributed by atoms with Crippen molar-refractivity contribution < 1.29 is 23.8 Å². The number of aromatic carboxylic acids is 1. The van der Waals surface area contributed by atoms with Crippen molar-refractivity contribution in [1.82, 2.24) is 9.97 Å². The standard InChI is InChI=1S/C24H17N3O5/c1-31-18-10-4-7-14(23-27-21-15(24(29)30)8-5-11-19(21)32-23)20(18)26-22(28)17-12-13-6-2-3-9-16(13)25-17/h2-12,25H,1H3,(H,26,28)(H,29,30). The summed E-state index contributed by atoms with van der Waals surface area (Å²) in [5.74, 6) is -0.894. The van der Waals surface area contributed by atoms with Crippen LogP contribution in [-0.2, 0) is 0 Å². The van der Waals surface area contributed by atoms with E-state index in [0.717, 1.165) is 10.9 Å². The van der Waals surface area contributed by atoms with Gasteiger partial charge in [0.05, 0.1) is 23.9 Å². The summed E-state index contributed by atoms with van der Waals surface area (Å²) in [6.07, 6.45) is 0. The minimum Gasteiger partial charge on any atom is -0.495 e. The second-order valence-corrected chi connectivity index (χ2v) is 7.08. The zero-order valence-corrected chi connectivity index (χ0v) is 16.9. The first kappa shape index (κ1) is 19.4. The van der Waals surface area contributed by atoms with Crippen molar-refractivity contribution in [3.63, 3.8) is 0 Å². The van der Waals surface area contributed by atoms with Crippen LogP contribution >= 0.6 is 0 Å². The van der Waals surface area contributed by atoms with Crippen LogP contribution in [0.4, 0.5) is 5.69 Å². The molecule has 0 aliphatic rings. The van der Waals surface area contributed by atoms with Crippen molar-refractivity contribution in [1.29, 1.82) is 0 Å². The van der Waals surface area contributed by atoms with Gasteiger partial charge in [-0.15, -0.1) is 0 Å². The molecule has 0 aliphatic carbocycles. The fourth-order valence-electron chi connectivity index (χ4n) is 3.62. The van der Waals surface area contributed by atoms with Crippen LogP contribution in [0.25, 0.3) is 33.5 Å². The molecular formula is C24H17N3O5. The summed E-state index contributed by atoms with van der Waals surface area (Å²) >= 11 is 0. The van der Waals surface area contributed by atoms with Crippen molar-refractivity contribution in [2.45, 2.75) is 0 Å². The van der Waals surface area contributed by atoms with Gasteiger partial charge >= 0.3 is 5.97 Å². The number of carbonyl (C=O) groups excluding carboxylic acids is 1. The molecule has 8 nitrogen and oxygen atoms in total. The molecule has 0 aliphatic heterocycles. The second-order valence-electron chi connectivity index (χ2n) is 7.08. The molecule has 0 spiro atoms. The highest BCUT2D eigenvalue weighted by atomic mass is 16.5. The maximum Gasteiger partial charge on any atom is 0.338 e. The number of carboxylic acids is 1. The Morgan fingerprint density at radius 2 is 1.88 bits per heavy atom. The Hall–Kier alpha value is -4.59. The van der Waals surface area contributed by atoms with Crippen molar-refractivity contribution in [2.75, 3.05) is 12.4 Å². The third kappa shape index (κ3) is 3.24. The van der Waals surface area contributed by atoms with Crippen molar-refractivity contribution in [3.8, 4) is 17.2 Å². The maximum absolute atomic E-state index is 13.0. The number of hydrogen-bond acceptors (Lipinski definition) is 5. The van der Waals surface area contributed by atoms with E-state index in [-0.39, 0.29) is 22.9 Å². The lowest BCUT2D eigenvalue weighted by atomic mass is 10.1. The van der Waals surface area contributed by atoms with Crippen LogP contribution in [0.15, 0.2) is 71.1 Å². The molecule has 0 radical (unpaired) electrons. The van der Waals surface area contributed by atoms with Gasteiger partial charge in [0.15, 0.2) is 5.58 Å². The van der Waals surface area contributed by atoms with Crippen LogP contribution in [0.1, 0.15) is 20.8 Å². The molecule has 2 heterocycles. The summed E-state index contributed by atoms with van der Waals surface area (Å²) in [4.78, 5) is 32.1. The topological polar surface area (TPSA) is 117 Å². The predicted octanol–water partition coefficient (Wildman–Crippen LogP) is 4.94. The van der Waals surface area contributed by atoms with Crippen molar-refractivity contribution in [3.05, 3.63) is 78.0 Å². The summed E-state index contributed by atoms with van der Waals surface area (Å²) in [5, 5.41) is 13.2. The van der Waals surface area contributed by atoms with Gasteiger partial charge in [0.2, 0.25) is 5.89 Å². The van der Waals surface area contributed by atoms with E-state index in [0.29, 0.717) is 28.3 Å². The van der Waals surface area contributed by atoms with E-state index in [2.05, 4.69) is 15.3 Å². The summed E-state index contributed by atoms with van der Waals surface area (Å²) in [7, 11) is 1.49. The zero-order chi connectivity index (χ0) is 22.2. The smallest absolute Gasteiger partial charge is 0.338 e. The molecule has 3 aromatic carbocycles. The number of rotatable bonds is 5. The molecule has 8 heteroatoms. The largest absolute Gasteiger partial charge is 0.495 e. The van der Waals surface area contributed by atoms with Gasteiger partial charge in [0.1, 0.15) is 17.0 Å². The van der Waals surface area contributed by atoms with E-state index in [4.69, 9.17) is 9.15 Å². The fraction of sp³-hybridized carbons (Fsp3) is 0.0417. The molecule has 0 unspecified atom stereocenters. The summed E-state index contributed by atoms with van der Waals surface area (Å²) in [5.41, 5.74) is 2.64. The average molecular weight is 427 g/mol. The number of nitrogens with zero attached hydrogens (tertiary/aromatic N) is 1. The molecular weight excluding hydrogens is 410 g/mol. The van der Waals surface area contributed by atoms with E-state index in [9.17, 15) is 14.7 Å². The highest BCUT2D eigenvalue weighted by molar-refractivity contribution is 6.08. The number of oxazole rings is 1. The fourth-order valence-corrected chi connectivity index (χ4v) is 3.62.